The Labute approximate surface area is 179 Å². The highest BCUT2D eigenvalue weighted by atomic mass is 32.2. The van der Waals surface area contributed by atoms with Crippen molar-refractivity contribution < 1.29 is 19.1 Å². The molecule has 0 aromatic heterocycles. The second-order valence-corrected chi connectivity index (χ2v) is 8.71. The maximum Gasteiger partial charge on any atom is 0.326 e. The molecule has 2 amide bonds. The van der Waals surface area contributed by atoms with Crippen molar-refractivity contribution in [1.82, 2.24) is 4.90 Å². The minimum atomic E-state index is -0.589. The number of hydrogen-bond acceptors (Lipinski definition) is 6. The molecule has 0 unspecified atom stereocenters. The molecule has 2 fully saturated rings. The summed E-state index contributed by atoms with van der Waals surface area (Å²) in [6.07, 6.45) is 3.84. The molecule has 4 rings (SSSR count). The zero-order valence-corrected chi connectivity index (χ0v) is 17.9. The van der Waals surface area contributed by atoms with Crippen LogP contribution in [0.3, 0.4) is 0 Å². The van der Waals surface area contributed by atoms with Crippen molar-refractivity contribution in [2.45, 2.75) is 32.8 Å². The summed E-state index contributed by atoms with van der Waals surface area (Å²) in [7, 11) is 0. The van der Waals surface area contributed by atoms with Gasteiger partial charge in [-0.1, -0.05) is 30.3 Å². The summed E-state index contributed by atoms with van der Waals surface area (Å²) in [6.45, 7) is 5.18. The van der Waals surface area contributed by atoms with Gasteiger partial charge in [0.1, 0.15) is 6.54 Å². The molecule has 0 saturated carbocycles. The Morgan fingerprint density at radius 2 is 1.80 bits per heavy atom. The molecule has 2 aliphatic rings. The maximum atomic E-state index is 12.8. The zero-order valence-electron chi connectivity index (χ0n) is 17.1. The highest BCUT2D eigenvalue weighted by molar-refractivity contribution is 8.18. The lowest BCUT2D eigenvalue weighted by molar-refractivity contribution is -0.149. The molecule has 2 aromatic rings. The van der Waals surface area contributed by atoms with Crippen LogP contribution >= 0.6 is 11.8 Å². The van der Waals surface area contributed by atoms with Gasteiger partial charge >= 0.3 is 5.97 Å². The number of esters is 1. The average molecular weight is 425 g/mol. The van der Waals surface area contributed by atoms with Crippen molar-refractivity contribution in [2.24, 2.45) is 0 Å². The van der Waals surface area contributed by atoms with E-state index in [9.17, 15) is 14.4 Å². The van der Waals surface area contributed by atoms with Gasteiger partial charge in [0, 0.05) is 24.2 Å². The second kappa shape index (κ2) is 8.52. The van der Waals surface area contributed by atoms with Crippen molar-refractivity contribution >= 4 is 51.4 Å². The van der Waals surface area contributed by atoms with E-state index < -0.39 is 17.1 Å². The van der Waals surface area contributed by atoms with E-state index in [1.54, 1.807) is 19.9 Å². The quantitative estimate of drug-likeness (QED) is 0.523. The van der Waals surface area contributed by atoms with E-state index in [0.29, 0.717) is 4.91 Å². The molecule has 2 saturated heterocycles. The second-order valence-electron chi connectivity index (χ2n) is 7.72. The summed E-state index contributed by atoms with van der Waals surface area (Å²) < 4.78 is 5.06. The highest BCUT2D eigenvalue weighted by Crippen LogP contribution is 2.36. The van der Waals surface area contributed by atoms with Gasteiger partial charge in [0.25, 0.3) is 11.1 Å². The Morgan fingerprint density at radius 1 is 1.10 bits per heavy atom. The standard InChI is InChI=1S/C23H24N2O4S/c1-15(2)29-21(26)14-25-22(27)20(30-23(25)28)13-16-9-10-19(24-11-5-6-12-24)18-8-4-3-7-17(16)18/h3-4,7-10,13,15H,5-6,11-12,14H2,1-2H3/b20-13+. The number of anilines is 1. The van der Waals surface area contributed by atoms with Crippen molar-refractivity contribution in [3.05, 3.63) is 46.9 Å². The first-order chi connectivity index (χ1) is 14.4. The number of carbonyl (C=O) groups excluding carboxylic acids is 3. The van der Waals surface area contributed by atoms with Gasteiger partial charge in [-0.05, 0) is 61.5 Å². The van der Waals surface area contributed by atoms with Crippen LogP contribution in [0, 0.1) is 0 Å². The lowest BCUT2D eigenvalue weighted by atomic mass is 10.0. The molecule has 7 heteroatoms. The summed E-state index contributed by atoms with van der Waals surface area (Å²) in [5.41, 5.74) is 2.08. The molecule has 0 bridgehead atoms. The molecule has 156 valence electrons. The third-order valence-corrected chi connectivity index (χ3v) is 6.10. The van der Waals surface area contributed by atoms with E-state index >= 15 is 0 Å². The van der Waals surface area contributed by atoms with Crippen molar-refractivity contribution in [3.63, 3.8) is 0 Å². The first-order valence-electron chi connectivity index (χ1n) is 10.2. The van der Waals surface area contributed by atoms with Crippen LogP contribution in [0.5, 0.6) is 0 Å². The van der Waals surface area contributed by atoms with Gasteiger partial charge in [-0.25, -0.2) is 0 Å². The number of carbonyl (C=O) groups is 3. The van der Waals surface area contributed by atoms with Crippen molar-refractivity contribution in [2.75, 3.05) is 24.5 Å². The Balaban J connectivity index is 1.63. The number of ether oxygens (including phenoxy) is 1. The zero-order chi connectivity index (χ0) is 21.3. The van der Waals surface area contributed by atoms with Crippen molar-refractivity contribution in [1.29, 1.82) is 0 Å². The molecular formula is C23H24N2O4S. The number of amides is 2. The summed E-state index contributed by atoms with van der Waals surface area (Å²) >= 11 is 0.856. The lowest BCUT2D eigenvalue weighted by Crippen LogP contribution is -2.35. The van der Waals surface area contributed by atoms with Gasteiger partial charge in [-0.2, -0.15) is 0 Å². The monoisotopic (exact) mass is 424 g/mol. The van der Waals surface area contributed by atoms with Crippen LogP contribution in [0.25, 0.3) is 16.8 Å². The third kappa shape index (κ3) is 4.07. The van der Waals surface area contributed by atoms with Crippen LogP contribution in [0.15, 0.2) is 41.3 Å². The van der Waals surface area contributed by atoms with E-state index in [-0.39, 0.29) is 12.6 Å². The van der Waals surface area contributed by atoms with E-state index in [0.717, 1.165) is 46.1 Å². The Hall–Kier alpha value is -2.80. The van der Waals surface area contributed by atoms with Crippen LogP contribution in [-0.4, -0.2) is 47.8 Å². The lowest BCUT2D eigenvalue weighted by Gasteiger charge is -2.20. The summed E-state index contributed by atoms with van der Waals surface area (Å²) in [5.74, 6) is -1.05. The molecule has 30 heavy (non-hydrogen) atoms. The number of imide groups is 1. The Bertz CT molecular complexity index is 1040. The van der Waals surface area contributed by atoms with E-state index in [1.807, 2.05) is 24.3 Å². The normalized spacial score (nSPS) is 18.3. The first kappa shape index (κ1) is 20.5. The Morgan fingerprint density at radius 3 is 2.50 bits per heavy atom. The smallest absolute Gasteiger partial charge is 0.326 e. The average Bonchev–Trinajstić information content (AvgIpc) is 3.32. The molecule has 2 aromatic carbocycles. The molecule has 2 heterocycles. The minimum Gasteiger partial charge on any atom is -0.462 e. The SMILES string of the molecule is CC(C)OC(=O)CN1C(=O)S/C(=C/c2ccc(N3CCCC3)c3ccccc23)C1=O. The number of benzene rings is 2. The van der Waals surface area contributed by atoms with Gasteiger partial charge in [0.05, 0.1) is 11.0 Å². The predicted molar refractivity (Wildman–Crippen MR) is 119 cm³/mol. The summed E-state index contributed by atoms with van der Waals surface area (Å²) in [5, 5.41) is 1.71. The fourth-order valence-corrected chi connectivity index (χ4v) is 4.70. The van der Waals surface area contributed by atoms with Crippen LogP contribution in [0.1, 0.15) is 32.3 Å². The van der Waals surface area contributed by atoms with Crippen LogP contribution in [0.4, 0.5) is 10.5 Å². The number of thioether (sulfide) groups is 1. The molecular weight excluding hydrogens is 400 g/mol. The molecule has 6 nitrogen and oxygen atoms in total. The number of hydrogen-bond donors (Lipinski definition) is 0. The maximum absolute atomic E-state index is 12.8. The van der Waals surface area contributed by atoms with E-state index in [4.69, 9.17) is 4.74 Å². The number of rotatable bonds is 5. The molecule has 0 atom stereocenters. The Kier molecular flexibility index (Phi) is 5.81. The molecule has 0 N–H and O–H groups in total. The van der Waals surface area contributed by atoms with Crippen LogP contribution in [0.2, 0.25) is 0 Å². The van der Waals surface area contributed by atoms with Crippen LogP contribution < -0.4 is 4.90 Å². The summed E-state index contributed by atoms with van der Waals surface area (Å²) in [4.78, 5) is 40.6. The van der Waals surface area contributed by atoms with Gasteiger partial charge in [-0.15, -0.1) is 0 Å². The fraction of sp³-hybridized carbons (Fsp3) is 0.348. The van der Waals surface area contributed by atoms with Gasteiger partial charge < -0.3 is 9.64 Å². The molecule has 0 radical (unpaired) electrons. The largest absolute Gasteiger partial charge is 0.462 e. The molecule has 2 aliphatic heterocycles. The van der Waals surface area contributed by atoms with Gasteiger partial charge in [0.15, 0.2) is 0 Å². The van der Waals surface area contributed by atoms with Gasteiger partial charge in [0.2, 0.25) is 0 Å². The topological polar surface area (TPSA) is 66.9 Å². The number of nitrogens with zero attached hydrogens (tertiary/aromatic N) is 2. The first-order valence-corrected chi connectivity index (χ1v) is 11.0. The summed E-state index contributed by atoms with van der Waals surface area (Å²) in [6, 6.07) is 12.2. The van der Waals surface area contributed by atoms with Crippen molar-refractivity contribution in [3.8, 4) is 0 Å². The molecule has 0 aliphatic carbocycles. The fourth-order valence-electron chi connectivity index (χ4n) is 3.87. The highest BCUT2D eigenvalue weighted by Gasteiger charge is 2.37. The minimum absolute atomic E-state index is 0.298. The van der Waals surface area contributed by atoms with E-state index in [2.05, 4.69) is 17.0 Å². The predicted octanol–water partition coefficient (Wildman–Crippen LogP) is 4.43. The molecule has 0 spiro atoms. The third-order valence-electron chi connectivity index (χ3n) is 5.20. The van der Waals surface area contributed by atoms with E-state index in [1.165, 1.54) is 18.5 Å². The number of fused-ring (bicyclic) bond motifs is 1. The van der Waals surface area contributed by atoms with Gasteiger partial charge in [-0.3, -0.25) is 19.3 Å². The van der Waals surface area contributed by atoms with Crippen LogP contribution in [-0.2, 0) is 14.3 Å².